The van der Waals surface area contributed by atoms with Crippen molar-refractivity contribution in [2.24, 2.45) is 22.9 Å². The van der Waals surface area contributed by atoms with Gasteiger partial charge >= 0.3 is 0 Å². The van der Waals surface area contributed by atoms with Crippen LogP contribution in [-0.4, -0.2) is 124 Å². The molecule has 13 N–H and O–H groups in total. The van der Waals surface area contributed by atoms with Crippen LogP contribution in [0.5, 0.6) is 0 Å². The molecule has 0 amide bonds. The molecule has 13 nitrogen and oxygen atoms in total. The van der Waals surface area contributed by atoms with E-state index in [1.54, 1.807) is 0 Å². The van der Waals surface area contributed by atoms with Gasteiger partial charge in [0.25, 0.3) is 0 Å². The molecule has 14 heteroatoms. The molecule has 2 aliphatic heterocycles. The summed E-state index contributed by atoms with van der Waals surface area (Å²) >= 11 is 0. The second-order valence-corrected chi connectivity index (χ2v) is 8.25. The van der Waals surface area contributed by atoms with Crippen LogP contribution in [0.3, 0.4) is 0 Å². The van der Waals surface area contributed by atoms with Gasteiger partial charge in [-0.15, -0.1) is 0 Å². The minimum Gasteiger partial charge on any atom is -0.394 e. The zero-order valence-electron chi connectivity index (χ0n) is 16.8. The van der Waals surface area contributed by atoms with Crippen molar-refractivity contribution in [3.05, 3.63) is 0 Å². The van der Waals surface area contributed by atoms with Crippen molar-refractivity contribution in [2.75, 3.05) is 13.2 Å². The van der Waals surface area contributed by atoms with Gasteiger partial charge in [0.1, 0.15) is 42.7 Å². The van der Waals surface area contributed by atoms with Gasteiger partial charge in [0.2, 0.25) is 0 Å². The van der Waals surface area contributed by atoms with Crippen LogP contribution in [0.25, 0.3) is 0 Å². The molecule has 0 spiro atoms. The molecule has 2 heterocycles. The van der Waals surface area contributed by atoms with Gasteiger partial charge in [0, 0.05) is 18.6 Å². The van der Waals surface area contributed by atoms with E-state index >= 15 is 0 Å². The first-order chi connectivity index (χ1) is 14.6. The van der Waals surface area contributed by atoms with Crippen LogP contribution in [0.15, 0.2) is 0 Å². The Labute approximate surface area is 178 Å². The van der Waals surface area contributed by atoms with Crippen molar-refractivity contribution in [3.63, 3.8) is 0 Å². The van der Waals surface area contributed by atoms with Crippen molar-refractivity contribution in [1.82, 2.24) is 0 Å². The van der Waals surface area contributed by atoms with E-state index in [1.807, 2.05) is 0 Å². The molecule has 182 valence electrons. The van der Waals surface area contributed by atoms with Crippen molar-refractivity contribution in [1.29, 1.82) is 0 Å². The Morgan fingerprint density at radius 2 is 1.42 bits per heavy atom. The van der Waals surface area contributed by atoms with E-state index in [-0.39, 0.29) is 13.0 Å². The largest absolute Gasteiger partial charge is 0.394 e. The first kappa shape index (κ1) is 25.0. The Bertz CT molecular complexity index is 596. The van der Waals surface area contributed by atoms with Gasteiger partial charge in [-0.1, -0.05) is 0 Å². The number of hydrogen-bond donors (Lipinski definition) is 9. The van der Waals surface area contributed by atoms with Gasteiger partial charge < -0.3 is 67.4 Å². The molecule has 1 saturated carbocycles. The lowest BCUT2D eigenvalue weighted by atomic mass is 9.84. The van der Waals surface area contributed by atoms with Crippen LogP contribution in [0.4, 0.5) is 4.39 Å². The van der Waals surface area contributed by atoms with Crippen LogP contribution >= 0.6 is 0 Å². The normalized spacial score (nSPS) is 53.6. The fourth-order valence-corrected chi connectivity index (χ4v) is 4.14. The van der Waals surface area contributed by atoms with E-state index in [9.17, 15) is 29.9 Å². The number of nitrogens with two attached hydrogens (primary N) is 4. The Hall–Kier alpha value is -0.590. The second-order valence-electron chi connectivity index (χ2n) is 8.25. The third-order valence-corrected chi connectivity index (χ3v) is 6.08. The molecule has 14 atom stereocenters. The summed E-state index contributed by atoms with van der Waals surface area (Å²) in [6.07, 6.45) is -15.1. The van der Waals surface area contributed by atoms with Crippen molar-refractivity contribution in [2.45, 2.75) is 92.1 Å². The van der Waals surface area contributed by atoms with Crippen LogP contribution < -0.4 is 22.9 Å². The molecule has 2 saturated heterocycles. The topological polar surface area (TPSA) is 242 Å². The SMILES string of the molecule is NCC1O[C@H](O[C@@H]2C(N)C[C@@H](N)C(O)[C@H]2O[C@@H]2O[C@H](CO)[C@H](F)C2O)[C@@H](N)C(O)[C@@H]1O. The number of hydrogen-bond acceptors (Lipinski definition) is 13. The maximum absolute atomic E-state index is 14.1. The summed E-state index contributed by atoms with van der Waals surface area (Å²) in [6.45, 7) is -0.812. The number of aliphatic hydroxyl groups excluding tert-OH is 5. The highest BCUT2D eigenvalue weighted by Crippen LogP contribution is 2.32. The fraction of sp³-hybridized carbons (Fsp3) is 1.00. The Balaban J connectivity index is 1.78. The lowest BCUT2D eigenvalue weighted by Gasteiger charge is -2.47. The standard InChI is InChI=1S/C17H33FN4O9/c18-8-7(3-23)29-17(12(8)26)31-15-10(24)4(20)1-5(21)14(15)30-16-9(22)13(27)11(25)6(2-19)28-16/h4-17,23-27H,1-3,19-22H2/t4-,5?,6?,7-,8+,9+,10?,11-,12?,13?,14-,15-,16-,17+/m1/s1. The quantitative estimate of drug-likeness (QED) is 0.181. The summed E-state index contributed by atoms with van der Waals surface area (Å²) in [4.78, 5) is 0. The zero-order valence-corrected chi connectivity index (χ0v) is 16.8. The summed E-state index contributed by atoms with van der Waals surface area (Å²) < 4.78 is 36.3. The molecule has 3 aliphatic rings. The maximum atomic E-state index is 14.1. The van der Waals surface area contributed by atoms with Gasteiger partial charge in [-0.25, -0.2) is 4.39 Å². The smallest absolute Gasteiger partial charge is 0.187 e. The Morgan fingerprint density at radius 3 is 2.00 bits per heavy atom. The zero-order chi connectivity index (χ0) is 23.0. The van der Waals surface area contributed by atoms with Crippen LogP contribution in [0, 0.1) is 0 Å². The number of alkyl halides is 1. The van der Waals surface area contributed by atoms with E-state index in [1.165, 1.54) is 0 Å². The van der Waals surface area contributed by atoms with E-state index < -0.39 is 92.3 Å². The molecule has 5 unspecified atom stereocenters. The Morgan fingerprint density at radius 1 is 0.806 bits per heavy atom. The summed E-state index contributed by atoms with van der Waals surface area (Å²) in [5.41, 5.74) is 23.6. The molecule has 0 bridgehead atoms. The molecular weight excluding hydrogens is 423 g/mol. The monoisotopic (exact) mass is 456 g/mol. The minimum absolute atomic E-state index is 0.123. The lowest BCUT2D eigenvalue weighted by Crippen LogP contribution is -2.68. The van der Waals surface area contributed by atoms with Gasteiger partial charge in [-0.05, 0) is 6.42 Å². The second kappa shape index (κ2) is 10.1. The lowest BCUT2D eigenvalue weighted by molar-refractivity contribution is -0.306. The van der Waals surface area contributed by atoms with Crippen LogP contribution in [-0.2, 0) is 18.9 Å². The van der Waals surface area contributed by atoms with Gasteiger partial charge in [-0.3, -0.25) is 0 Å². The predicted molar refractivity (Wildman–Crippen MR) is 101 cm³/mol. The van der Waals surface area contributed by atoms with Crippen LogP contribution in [0.2, 0.25) is 0 Å². The first-order valence-corrected chi connectivity index (χ1v) is 10.2. The Kier molecular flexibility index (Phi) is 8.18. The molecule has 0 aromatic heterocycles. The van der Waals surface area contributed by atoms with E-state index in [0.29, 0.717) is 0 Å². The molecule has 0 aromatic carbocycles. The van der Waals surface area contributed by atoms with E-state index in [0.717, 1.165) is 0 Å². The van der Waals surface area contributed by atoms with Gasteiger partial charge in [0.05, 0.1) is 18.8 Å². The third kappa shape index (κ3) is 4.86. The van der Waals surface area contributed by atoms with Crippen molar-refractivity contribution >= 4 is 0 Å². The number of aliphatic hydroxyl groups is 5. The molecule has 0 aromatic rings. The van der Waals surface area contributed by atoms with Crippen molar-refractivity contribution < 1.29 is 48.9 Å². The minimum atomic E-state index is -1.91. The highest BCUT2D eigenvalue weighted by atomic mass is 19.1. The average Bonchev–Trinajstić information content (AvgIpc) is 3.02. The first-order valence-electron chi connectivity index (χ1n) is 10.2. The summed E-state index contributed by atoms with van der Waals surface area (Å²) in [6, 6.07) is -2.80. The van der Waals surface area contributed by atoms with E-state index in [4.69, 9.17) is 41.9 Å². The molecule has 31 heavy (non-hydrogen) atoms. The number of ether oxygens (including phenoxy) is 4. The molecule has 3 fully saturated rings. The molecular formula is C17H33FN4O9. The predicted octanol–water partition coefficient (Wildman–Crippen LogP) is -5.68. The summed E-state index contributed by atoms with van der Waals surface area (Å²) in [7, 11) is 0. The number of halogens is 1. The molecule has 0 radical (unpaired) electrons. The molecule has 3 rings (SSSR count). The van der Waals surface area contributed by atoms with Crippen LogP contribution in [0.1, 0.15) is 6.42 Å². The summed E-state index contributed by atoms with van der Waals surface area (Å²) in [5.74, 6) is 0. The fourth-order valence-electron chi connectivity index (χ4n) is 4.14. The third-order valence-electron chi connectivity index (χ3n) is 6.08. The van der Waals surface area contributed by atoms with Gasteiger partial charge in [0.15, 0.2) is 18.8 Å². The average molecular weight is 456 g/mol. The maximum Gasteiger partial charge on any atom is 0.187 e. The highest BCUT2D eigenvalue weighted by molar-refractivity contribution is 5.01. The highest BCUT2D eigenvalue weighted by Gasteiger charge is 2.52. The van der Waals surface area contributed by atoms with E-state index in [2.05, 4.69) is 0 Å². The number of rotatable bonds is 6. The molecule has 1 aliphatic carbocycles. The van der Waals surface area contributed by atoms with Gasteiger partial charge in [-0.2, -0.15) is 0 Å². The summed E-state index contributed by atoms with van der Waals surface area (Å²) in [5, 5.41) is 50.0. The van der Waals surface area contributed by atoms with Crippen molar-refractivity contribution in [3.8, 4) is 0 Å².